The number of hydrogen-bond acceptors (Lipinski definition) is 5. The van der Waals surface area contributed by atoms with E-state index in [0.29, 0.717) is 0 Å². The van der Waals surface area contributed by atoms with Gasteiger partial charge in [-0.1, -0.05) is 50.6 Å². The third-order valence-electron chi connectivity index (χ3n) is 5.73. The number of aryl methyl sites for hydroxylation is 1. The molecule has 1 unspecified atom stereocenters. The number of nitrogens with one attached hydrogen (secondary N) is 1. The maximum Gasteiger partial charge on any atom is 0.322 e. The van der Waals surface area contributed by atoms with Gasteiger partial charge in [0.25, 0.3) is 0 Å². The fraction of sp³-hybridized carbons (Fsp3) is 0.462. The van der Waals surface area contributed by atoms with Crippen LogP contribution in [0.4, 0.5) is 10.5 Å². The van der Waals surface area contributed by atoms with E-state index >= 15 is 0 Å². The molecule has 0 fully saturated rings. The number of carboxylic acids is 1. The summed E-state index contributed by atoms with van der Waals surface area (Å²) >= 11 is 0. The minimum atomic E-state index is -0.956. The minimum absolute atomic E-state index is 0.0767. The normalized spacial score (nSPS) is 12.7. The zero-order valence-corrected chi connectivity index (χ0v) is 20.8. The second kappa shape index (κ2) is 12.8. The van der Waals surface area contributed by atoms with Crippen molar-refractivity contribution in [2.24, 2.45) is 11.7 Å². The van der Waals surface area contributed by atoms with Crippen LogP contribution in [0.5, 0.6) is 5.75 Å². The Bertz CT molecular complexity index is 913. The van der Waals surface area contributed by atoms with Crippen LogP contribution in [0, 0.1) is 12.8 Å². The molecule has 0 aliphatic rings. The van der Waals surface area contributed by atoms with Crippen LogP contribution in [0.1, 0.15) is 44.7 Å². The summed E-state index contributed by atoms with van der Waals surface area (Å²) in [7, 11) is 1.58. The highest BCUT2D eigenvalue weighted by Gasteiger charge is 2.26. The van der Waals surface area contributed by atoms with Crippen LogP contribution in [0.3, 0.4) is 0 Å². The third kappa shape index (κ3) is 7.95. The van der Waals surface area contributed by atoms with Crippen molar-refractivity contribution in [1.82, 2.24) is 9.80 Å². The van der Waals surface area contributed by atoms with Gasteiger partial charge in [-0.3, -0.25) is 15.4 Å². The van der Waals surface area contributed by atoms with Crippen molar-refractivity contribution in [2.45, 2.75) is 59.5 Å². The Labute approximate surface area is 202 Å². The fourth-order valence-corrected chi connectivity index (χ4v) is 3.49. The second-order valence-corrected chi connectivity index (χ2v) is 8.69. The zero-order chi connectivity index (χ0) is 25.3. The first-order chi connectivity index (χ1) is 16.1. The number of anilines is 1. The number of urea groups is 1. The molecule has 2 amide bonds. The SMILES string of the molecule is CCC(CC)Oc1ccc(NC(N)N(Cc2ccc(C)cc2)C(=O)N(C)C[C@H](C)C(=O)O)cc1. The number of carbonyl (C=O) groups is 2. The van der Waals surface area contributed by atoms with E-state index in [0.717, 1.165) is 35.4 Å². The first-order valence-corrected chi connectivity index (χ1v) is 11.7. The summed E-state index contributed by atoms with van der Waals surface area (Å²) < 4.78 is 5.96. The molecule has 2 aromatic rings. The Hall–Kier alpha value is -3.26. The summed E-state index contributed by atoms with van der Waals surface area (Å²) in [5.74, 6) is -0.868. The van der Waals surface area contributed by atoms with Gasteiger partial charge in [-0.25, -0.2) is 4.79 Å². The maximum absolute atomic E-state index is 13.3. The van der Waals surface area contributed by atoms with Crippen molar-refractivity contribution in [3.8, 4) is 5.75 Å². The molecular formula is C26H38N4O4. The maximum atomic E-state index is 13.3. The smallest absolute Gasteiger partial charge is 0.322 e. The molecule has 0 aromatic heterocycles. The van der Waals surface area contributed by atoms with E-state index in [4.69, 9.17) is 10.5 Å². The molecule has 0 heterocycles. The molecule has 0 aliphatic carbocycles. The van der Waals surface area contributed by atoms with Crippen LogP contribution < -0.4 is 15.8 Å². The van der Waals surface area contributed by atoms with Gasteiger partial charge in [0.15, 0.2) is 6.29 Å². The lowest BCUT2D eigenvalue weighted by Gasteiger charge is -2.34. The van der Waals surface area contributed by atoms with Gasteiger partial charge in [0.2, 0.25) is 0 Å². The largest absolute Gasteiger partial charge is 0.490 e. The van der Waals surface area contributed by atoms with E-state index in [-0.39, 0.29) is 25.2 Å². The van der Waals surface area contributed by atoms with E-state index < -0.39 is 18.2 Å². The number of carbonyl (C=O) groups excluding carboxylic acids is 1. The topological polar surface area (TPSA) is 108 Å². The summed E-state index contributed by atoms with van der Waals surface area (Å²) in [6.07, 6.45) is 1.21. The van der Waals surface area contributed by atoms with Gasteiger partial charge >= 0.3 is 12.0 Å². The average Bonchev–Trinajstić information content (AvgIpc) is 2.82. The van der Waals surface area contributed by atoms with Crippen LogP contribution in [0.15, 0.2) is 48.5 Å². The molecule has 0 bridgehead atoms. The Morgan fingerprint density at radius 3 is 2.18 bits per heavy atom. The summed E-state index contributed by atoms with van der Waals surface area (Å²) in [6, 6.07) is 15.0. The van der Waals surface area contributed by atoms with Gasteiger partial charge < -0.3 is 20.1 Å². The van der Waals surface area contributed by atoms with Gasteiger partial charge in [-0.05, 0) is 49.6 Å². The molecule has 0 saturated heterocycles. The van der Waals surface area contributed by atoms with E-state index in [1.807, 2.05) is 55.5 Å². The number of ether oxygens (including phenoxy) is 1. The summed E-state index contributed by atoms with van der Waals surface area (Å²) in [5, 5.41) is 12.4. The Balaban J connectivity index is 2.17. The Morgan fingerprint density at radius 1 is 1.06 bits per heavy atom. The number of rotatable bonds is 12. The molecule has 0 spiro atoms. The van der Waals surface area contributed by atoms with Crippen molar-refractivity contribution in [3.05, 3.63) is 59.7 Å². The minimum Gasteiger partial charge on any atom is -0.490 e. The molecule has 2 aromatic carbocycles. The molecular weight excluding hydrogens is 432 g/mol. The van der Waals surface area contributed by atoms with Crippen LogP contribution in [-0.4, -0.2) is 52.9 Å². The lowest BCUT2D eigenvalue weighted by Crippen LogP contribution is -2.54. The third-order valence-corrected chi connectivity index (χ3v) is 5.73. The van der Waals surface area contributed by atoms with E-state index in [1.165, 1.54) is 9.80 Å². The first kappa shape index (κ1) is 27.0. The Kier molecular flexibility index (Phi) is 10.2. The quantitative estimate of drug-likeness (QED) is 0.395. The molecule has 34 heavy (non-hydrogen) atoms. The number of aliphatic carboxylic acids is 1. The van der Waals surface area contributed by atoms with Gasteiger partial charge in [-0.2, -0.15) is 0 Å². The predicted octanol–water partition coefficient (Wildman–Crippen LogP) is 4.49. The highest BCUT2D eigenvalue weighted by atomic mass is 16.5. The van der Waals surface area contributed by atoms with Crippen molar-refractivity contribution in [1.29, 1.82) is 0 Å². The standard InChI is InChI=1S/C26H38N4O4/c1-6-22(7-2)34-23-14-12-21(13-15-23)28-25(27)30(17-20-10-8-18(3)9-11-20)26(33)29(5)16-19(4)24(31)32/h8-15,19,22,25,28H,6-7,16-17,27H2,1-5H3,(H,31,32)/t19-,25?/m0/s1. The van der Waals surface area contributed by atoms with Gasteiger partial charge in [0.05, 0.1) is 18.6 Å². The number of amides is 2. The van der Waals surface area contributed by atoms with Crippen molar-refractivity contribution in [2.75, 3.05) is 18.9 Å². The molecule has 8 nitrogen and oxygen atoms in total. The zero-order valence-electron chi connectivity index (χ0n) is 20.8. The average molecular weight is 471 g/mol. The van der Waals surface area contributed by atoms with Gasteiger partial charge in [0, 0.05) is 19.3 Å². The second-order valence-electron chi connectivity index (χ2n) is 8.69. The van der Waals surface area contributed by atoms with Gasteiger partial charge in [0.1, 0.15) is 5.75 Å². The Morgan fingerprint density at radius 2 is 1.65 bits per heavy atom. The molecule has 2 rings (SSSR count). The lowest BCUT2D eigenvalue weighted by atomic mass is 10.1. The highest BCUT2D eigenvalue weighted by Crippen LogP contribution is 2.20. The van der Waals surface area contributed by atoms with E-state index in [2.05, 4.69) is 19.2 Å². The molecule has 0 saturated carbocycles. The molecule has 8 heteroatoms. The van der Waals surface area contributed by atoms with Crippen molar-refractivity contribution in [3.63, 3.8) is 0 Å². The number of benzene rings is 2. The monoisotopic (exact) mass is 470 g/mol. The molecule has 4 N–H and O–H groups in total. The number of carboxylic acid groups (broad SMARTS) is 1. The van der Waals surface area contributed by atoms with Crippen molar-refractivity contribution < 1.29 is 19.4 Å². The van der Waals surface area contributed by atoms with Crippen LogP contribution in [0.25, 0.3) is 0 Å². The fourth-order valence-electron chi connectivity index (χ4n) is 3.49. The van der Waals surface area contributed by atoms with E-state index in [1.54, 1.807) is 14.0 Å². The van der Waals surface area contributed by atoms with Crippen LogP contribution in [-0.2, 0) is 11.3 Å². The molecule has 186 valence electrons. The number of nitrogens with two attached hydrogens (primary N) is 1. The van der Waals surface area contributed by atoms with E-state index in [9.17, 15) is 14.7 Å². The highest BCUT2D eigenvalue weighted by molar-refractivity contribution is 5.76. The predicted molar refractivity (Wildman–Crippen MR) is 135 cm³/mol. The molecule has 0 radical (unpaired) electrons. The summed E-state index contributed by atoms with van der Waals surface area (Å²) in [6.45, 7) is 8.10. The summed E-state index contributed by atoms with van der Waals surface area (Å²) in [5.41, 5.74) is 9.22. The summed E-state index contributed by atoms with van der Waals surface area (Å²) in [4.78, 5) is 27.4. The lowest BCUT2D eigenvalue weighted by molar-refractivity contribution is -0.141. The van der Waals surface area contributed by atoms with Crippen molar-refractivity contribution >= 4 is 17.7 Å². The first-order valence-electron chi connectivity index (χ1n) is 11.7. The number of hydrogen-bond donors (Lipinski definition) is 3. The molecule has 2 atom stereocenters. The van der Waals surface area contributed by atoms with Crippen LogP contribution >= 0.6 is 0 Å². The van der Waals surface area contributed by atoms with Gasteiger partial charge in [-0.15, -0.1) is 0 Å². The number of nitrogens with zero attached hydrogens (tertiary/aromatic N) is 2. The van der Waals surface area contributed by atoms with Crippen LogP contribution in [0.2, 0.25) is 0 Å². The molecule has 0 aliphatic heterocycles.